The Morgan fingerprint density at radius 2 is 1.28 bits per heavy atom. The van der Waals surface area contributed by atoms with E-state index in [9.17, 15) is 0 Å². The van der Waals surface area contributed by atoms with Crippen molar-refractivity contribution in [2.24, 2.45) is 5.41 Å². The Morgan fingerprint density at radius 3 is 1.83 bits per heavy atom. The van der Waals surface area contributed by atoms with Crippen molar-refractivity contribution in [3.8, 4) is 11.1 Å². The van der Waals surface area contributed by atoms with E-state index < -0.39 is 0 Å². The molecule has 0 aliphatic rings. The average molecular weight is 238 g/mol. The number of benzene rings is 2. The van der Waals surface area contributed by atoms with E-state index in [1.165, 1.54) is 29.5 Å². The van der Waals surface area contributed by atoms with Crippen molar-refractivity contribution >= 4 is 0 Å². The molecular formula is C18H22. The molecule has 2 aromatic carbocycles. The molecule has 0 unspecified atom stereocenters. The van der Waals surface area contributed by atoms with E-state index in [1.807, 2.05) is 0 Å². The van der Waals surface area contributed by atoms with Gasteiger partial charge in [0.25, 0.3) is 0 Å². The van der Waals surface area contributed by atoms with Gasteiger partial charge in [0.05, 0.1) is 0 Å². The van der Waals surface area contributed by atoms with E-state index in [0.29, 0.717) is 5.41 Å². The first-order chi connectivity index (χ1) is 8.54. The third kappa shape index (κ3) is 3.73. The van der Waals surface area contributed by atoms with Gasteiger partial charge in [-0.15, -0.1) is 0 Å². The predicted octanol–water partition coefficient (Wildman–Crippen LogP) is 5.33. The maximum Gasteiger partial charge on any atom is -0.0184 e. The maximum absolute atomic E-state index is 2.30. The zero-order valence-corrected chi connectivity index (χ0v) is 11.6. The van der Waals surface area contributed by atoms with Gasteiger partial charge in [-0.1, -0.05) is 75.4 Å². The molecule has 0 aliphatic heterocycles. The van der Waals surface area contributed by atoms with Crippen LogP contribution in [0.5, 0.6) is 0 Å². The molecule has 0 aromatic heterocycles. The van der Waals surface area contributed by atoms with Gasteiger partial charge in [-0.3, -0.25) is 0 Å². The highest BCUT2D eigenvalue weighted by Crippen LogP contribution is 2.23. The van der Waals surface area contributed by atoms with Crippen LogP contribution in [0.2, 0.25) is 0 Å². The van der Waals surface area contributed by atoms with Gasteiger partial charge in [0.1, 0.15) is 0 Å². The first kappa shape index (κ1) is 12.9. The van der Waals surface area contributed by atoms with Crippen LogP contribution in [-0.2, 0) is 6.42 Å². The number of hydrogen-bond donors (Lipinski definition) is 0. The maximum atomic E-state index is 2.30. The van der Waals surface area contributed by atoms with Gasteiger partial charge >= 0.3 is 0 Å². The minimum absolute atomic E-state index is 0.415. The Balaban J connectivity index is 2.07. The van der Waals surface area contributed by atoms with Crippen LogP contribution in [-0.4, -0.2) is 0 Å². The Morgan fingerprint density at radius 1 is 0.722 bits per heavy atom. The second kappa shape index (κ2) is 5.39. The Kier molecular flexibility index (Phi) is 3.86. The standard InChI is InChI=1S/C18H22/c1-18(2,3)14-13-15-9-11-17(12-10-15)16-7-5-4-6-8-16/h4-12H,13-14H2,1-3H3. The summed E-state index contributed by atoms with van der Waals surface area (Å²) in [6, 6.07) is 19.5. The predicted molar refractivity (Wildman–Crippen MR) is 79.7 cm³/mol. The van der Waals surface area contributed by atoms with Crippen LogP contribution in [0.4, 0.5) is 0 Å². The van der Waals surface area contributed by atoms with E-state index >= 15 is 0 Å². The van der Waals surface area contributed by atoms with Gasteiger partial charge in [-0.25, -0.2) is 0 Å². The van der Waals surface area contributed by atoms with Crippen molar-refractivity contribution in [3.63, 3.8) is 0 Å². The molecule has 0 bridgehead atoms. The summed E-state index contributed by atoms with van der Waals surface area (Å²) >= 11 is 0. The van der Waals surface area contributed by atoms with Crippen molar-refractivity contribution in [3.05, 3.63) is 60.2 Å². The minimum Gasteiger partial charge on any atom is -0.0622 e. The van der Waals surface area contributed by atoms with Crippen molar-refractivity contribution in [2.45, 2.75) is 33.6 Å². The zero-order valence-electron chi connectivity index (χ0n) is 11.6. The second-order valence-corrected chi connectivity index (χ2v) is 6.12. The fourth-order valence-electron chi connectivity index (χ4n) is 2.01. The van der Waals surface area contributed by atoms with Crippen LogP contribution in [0.1, 0.15) is 32.8 Å². The molecule has 0 aliphatic carbocycles. The van der Waals surface area contributed by atoms with Crippen molar-refractivity contribution in [1.29, 1.82) is 0 Å². The molecule has 0 N–H and O–H groups in total. The van der Waals surface area contributed by atoms with Gasteiger partial charge in [0, 0.05) is 0 Å². The van der Waals surface area contributed by atoms with Gasteiger partial charge in [0.2, 0.25) is 0 Å². The lowest BCUT2D eigenvalue weighted by atomic mass is 9.88. The van der Waals surface area contributed by atoms with Crippen LogP contribution in [0.25, 0.3) is 11.1 Å². The first-order valence-electron chi connectivity index (χ1n) is 6.69. The summed E-state index contributed by atoms with van der Waals surface area (Å²) < 4.78 is 0. The third-order valence-corrected chi connectivity index (χ3v) is 3.22. The Hall–Kier alpha value is -1.56. The van der Waals surface area contributed by atoms with Crippen LogP contribution in [0, 0.1) is 5.41 Å². The molecule has 94 valence electrons. The third-order valence-electron chi connectivity index (χ3n) is 3.22. The van der Waals surface area contributed by atoms with E-state index in [0.717, 1.165) is 0 Å². The Labute approximate surface area is 111 Å². The summed E-state index contributed by atoms with van der Waals surface area (Å²) in [4.78, 5) is 0. The fraction of sp³-hybridized carbons (Fsp3) is 0.333. The molecule has 18 heavy (non-hydrogen) atoms. The lowest BCUT2D eigenvalue weighted by Gasteiger charge is -2.17. The van der Waals surface area contributed by atoms with Gasteiger partial charge < -0.3 is 0 Å². The van der Waals surface area contributed by atoms with E-state index in [2.05, 4.69) is 75.4 Å². The minimum atomic E-state index is 0.415. The first-order valence-corrected chi connectivity index (χ1v) is 6.69. The quantitative estimate of drug-likeness (QED) is 0.677. The highest BCUT2D eigenvalue weighted by Gasteiger charge is 2.09. The Bertz CT molecular complexity index is 472. The molecule has 0 nitrogen and oxygen atoms in total. The van der Waals surface area contributed by atoms with E-state index in [-0.39, 0.29) is 0 Å². The topological polar surface area (TPSA) is 0 Å². The smallest absolute Gasteiger partial charge is 0.0184 e. The van der Waals surface area contributed by atoms with Crippen LogP contribution in [0.3, 0.4) is 0 Å². The van der Waals surface area contributed by atoms with Crippen molar-refractivity contribution < 1.29 is 0 Å². The molecular weight excluding hydrogens is 216 g/mol. The molecule has 0 spiro atoms. The molecule has 0 saturated carbocycles. The largest absolute Gasteiger partial charge is 0.0622 e. The van der Waals surface area contributed by atoms with Crippen LogP contribution >= 0.6 is 0 Å². The summed E-state index contributed by atoms with van der Waals surface area (Å²) in [6.45, 7) is 6.89. The number of aryl methyl sites for hydroxylation is 1. The normalized spacial score (nSPS) is 11.5. The molecule has 0 saturated heterocycles. The lowest BCUT2D eigenvalue weighted by molar-refractivity contribution is 0.378. The SMILES string of the molecule is CC(C)(C)CCc1ccc(-c2ccccc2)cc1. The molecule has 2 aromatic rings. The summed E-state index contributed by atoms with van der Waals surface area (Å²) in [7, 11) is 0. The molecule has 0 heteroatoms. The summed E-state index contributed by atoms with van der Waals surface area (Å²) in [5, 5.41) is 0. The highest BCUT2D eigenvalue weighted by atomic mass is 14.1. The second-order valence-electron chi connectivity index (χ2n) is 6.12. The zero-order chi connectivity index (χ0) is 13.0. The van der Waals surface area contributed by atoms with Crippen LogP contribution in [0.15, 0.2) is 54.6 Å². The number of rotatable bonds is 3. The molecule has 0 atom stereocenters. The number of hydrogen-bond acceptors (Lipinski definition) is 0. The van der Waals surface area contributed by atoms with Crippen molar-refractivity contribution in [2.75, 3.05) is 0 Å². The van der Waals surface area contributed by atoms with Gasteiger partial charge in [-0.05, 0) is 34.9 Å². The highest BCUT2D eigenvalue weighted by molar-refractivity contribution is 5.63. The monoisotopic (exact) mass is 238 g/mol. The van der Waals surface area contributed by atoms with E-state index in [4.69, 9.17) is 0 Å². The fourth-order valence-corrected chi connectivity index (χ4v) is 2.01. The molecule has 0 amide bonds. The molecule has 0 fully saturated rings. The van der Waals surface area contributed by atoms with E-state index in [1.54, 1.807) is 0 Å². The average Bonchev–Trinajstić information content (AvgIpc) is 2.37. The molecule has 0 radical (unpaired) electrons. The lowest BCUT2D eigenvalue weighted by Crippen LogP contribution is -2.06. The van der Waals surface area contributed by atoms with Gasteiger partial charge in [0.15, 0.2) is 0 Å². The van der Waals surface area contributed by atoms with Crippen molar-refractivity contribution in [1.82, 2.24) is 0 Å². The summed E-state index contributed by atoms with van der Waals surface area (Å²) in [6.07, 6.45) is 2.40. The van der Waals surface area contributed by atoms with Gasteiger partial charge in [-0.2, -0.15) is 0 Å². The van der Waals surface area contributed by atoms with Crippen LogP contribution < -0.4 is 0 Å². The summed E-state index contributed by atoms with van der Waals surface area (Å²) in [5.41, 5.74) is 4.44. The summed E-state index contributed by atoms with van der Waals surface area (Å²) in [5.74, 6) is 0. The molecule has 2 rings (SSSR count). The molecule has 0 heterocycles.